The molecule has 0 saturated heterocycles. The van der Waals surface area contributed by atoms with Crippen molar-refractivity contribution in [2.75, 3.05) is 11.9 Å². The molecule has 1 rings (SSSR count). The average molecular weight is 212 g/mol. The zero-order chi connectivity index (χ0) is 10.4. The van der Waals surface area contributed by atoms with Gasteiger partial charge in [0.1, 0.15) is 6.29 Å². The summed E-state index contributed by atoms with van der Waals surface area (Å²) in [5.74, 6) is 0. The Labute approximate surface area is 89.3 Å². The Bertz CT molecular complexity index is 312. The van der Waals surface area contributed by atoms with Crippen molar-refractivity contribution in [2.24, 2.45) is 0 Å². The first kappa shape index (κ1) is 11.1. The first-order chi connectivity index (χ1) is 6.76. The van der Waals surface area contributed by atoms with Crippen molar-refractivity contribution in [2.45, 2.75) is 19.8 Å². The van der Waals surface area contributed by atoms with Gasteiger partial charge in [0, 0.05) is 10.7 Å². The molecule has 0 atom stereocenters. The molecule has 1 N–H and O–H groups in total. The molecule has 0 fully saturated rings. The highest BCUT2D eigenvalue weighted by Crippen LogP contribution is 2.19. The summed E-state index contributed by atoms with van der Waals surface area (Å²) in [6.45, 7) is 2.45. The lowest BCUT2D eigenvalue weighted by Crippen LogP contribution is -2.02. The van der Waals surface area contributed by atoms with Crippen LogP contribution < -0.4 is 5.32 Å². The number of aldehydes is 1. The third-order valence-corrected chi connectivity index (χ3v) is 2.10. The second kappa shape index (κ2) is 5.66. The minimum atomic E-state index is 0.325. The Morgan fingerprint density at radius 3 is 2.86 bits per heavy atom. The molecule has 14 heavy (non-hydrogen) atoms. The number of carbonyl (C=O) groups excluding carboxylic acids is 1. The first-order valence-electron chi connectivity index (χ1n) is 4.73. The van der Waals surface area contributed by atoms with Gasteiger partial charge < -0.3 is 10.1 Å². The maximum Gasteiger partial charge on any atom is 0.139 e. The molecule has 1 aromatic carbocycles. The summed E-state index contributed by atoms with van der Waals surface area (Å²) in [5, 5.41) is 3.69. The molecular formula is C11H14ClNO. The quantitative estimate of drug-likeness (QED) is 0.759. The molecule has 0 heterocycles. The largest absolute Gasteiger partial charge is 0.378 e. The van der Waals surface area contributed by atoms with Crippen molar-refractivity contribution in [1.82, 2.24) is 0 Å². The number of anilines is 1. The molecule has 0 aliphatic heterocycles. The highest BCUT2D eigenvalue weighted by atomic mass is 35.5. The standard InChI is InChI=1S/C11H14ClNO/c1-2-3-9-6-10(12)8-11(7-9)13-4-5-14/h5-8,13H,2-4H2,1H3. The van der Waals surface area contributed by atoms with E-state index >= 15 is 0 Å². The second-order valence-electron chi connectivity index (χ2n) is 3.15. The van der Waals surface area contributed by atoms with E-state index in [-0.39, 0.29) is 0 Å². The molecule has 0 spiro atoms. The maximum atomic E-state index is 10.2. The number of halogens is 1. The van der Waals surface area contributed by atoms with E-state index < -0.39 is 0 Å². The van der Waals surface area contributed by atoms with Crippen LogP contribution in [0, 0.1) is 0 Å². The van der Waals surface area contributed by atoms with E-state index in [4.69, 9.17) is 11.6 Å². The Morgan fingerprint density at radius 1 is 1.43 bits per heavy atom. The highest BCUT2D eigenvalue weighted by molar-refractivity contribution is 6.30. The number of hydrogen-bond donors (Lipinski definition) is 1. The van der Waals surface area contributed by atoms with E-state index in [1.807, 2.05) is 18.2 Å². The van der Waals surface area contributed by atoms with Gasteiger partial charge >= 0.3 is 0 Å². The number of benzene rings is 1. The molecule has 3 heteroatoms. The molecule has 76 valence electrons. The molecule has 0 amide bonds. The molecule has 0 saturated carbocycles. The van der Waals surface area contributed by atoms with Crippen LogP contribution in [0.4, 0.5) is 5.69 Å². The number of rotatable bonds is 5. The predicted octanol–water partition coefficient (Wildman–Crippen LogP) is 2.90. The van der Waals surface area contributed by atoms with Crippen LogP contribution in [0.3, 0.4) is 0 Å². The van der Waals surface area contributed by atoms with E-state index in [1.165, 1.54) is 5.56 Å². The molecule has 0 unspecified atom stereocenters. The number of nitrogens with one attached hydrogen (secondary N) is 1. The lowest BCUT2D eigenvalue weighted by molar-refractivity contribution is -0.106. The van der Waals surface area contributed by atoms with Crippen LogP contribution in [-0.2, 0) is 11.2 Å². The summed E-state index contributed by atoms with van der Waals surface area (Å²) >= 11 is 5.94. The second-order valence-corrected chi connectivity index (χ2v) is 3.58. The van der Waals surface area contributed by atoms with Gasteiger partial charge in [-0.3, -0.25) is 0 Å². The van der Waals surface area contributed by atoms with Crippen LogP contribution in [0.15, 0.2) is 18.2 Å². The van der Waals surface area contributed by atoms with Gasteiger partial charge in [-0.05, 0) is 30.2 Å². The van der Waals surface area contributed by atoms with E-state index in [9.17, 15) is 4.79 Å². The number of carbonyl (C=O) groups is 1. The molecule has 2 nitrogen and oxygen atoms in total. The molecule has 0 aliphatic rings. The van der Waals surface area contributed by atoms with Gasteiger partial charge in [0.2, 0.25) is 0 Å². The van der Waals surface area contributed by atoms with Crippen LogP contribution in [-0.4, -0.2) is 12.8 Å². The summed E-state index contributed by atoms with van der Waals surface area (Å²) in [4.78, 5) is 10.2. The lowest BCUT2D eigenvalue weighted by Gasteiger charge is -2.06. The molecule has 0 radical (unpaired) electrons. The van der Waals surface area contributed by atoms with E-state index in [1.54, 1.807) is 0 Å². The molecule has 1 aromatic rings. The van der Waals surface area contributed by atoms with Gasteiger partial charge in [-0.1, -0.05) is 24.9 Å². The maximum absolute atomic E-state index is 10.2. The topological polar surface area (TPSA) is 29.1 Å². The van der Waals surface area contributed by atoms with Gasteiger partial charge in [-0.2, -0.15) is 0 Å². The third kappa shape index (κ3) is 3.38. The van der Waals surface area contributed by atoms with E-state index in [0.717, 1.165) is 24.8 Å². The fraction of sp³-hybridized carbons (Fsp3) is 0.364. The first-order valence-corrected chi connectivity index (χ1v) is 5.11. The Morgan fingerprint density at radius 2 is 2.21 bits per heavy atom. The van der Waals surface area contributed by atoms with Crippen molar-refractivity contribution in [3.05, 3.63) is 28.8 Å². The summed E-state index contributed by atoms with van der Waals surface area (Å²) in [6.07, 6.45) is 2.93. The van der Waals surface area contributed by atoms with Crippen LogP contribution in [0.1, 0.15) is 18.9 Å². The van der Waals surface area contributed by atoms with Crippen molar-refractivity contribution in [1.29, 1.82) is 0 Å². The zero-order valence-corrected chi connectivity index (χ0v) is 8.97. The smallest absolute Gasteiger partial charge is 0.139 e. The monoisotopic (exact) mass is 211 g/mol. The lowest BCUT2D eigenvalue weighted by atomic mass is 10.1. The summed E-state index contributed by atoms with van der Waals surface area (Å²) in [5.41, 5.74) is 2.11. The predicted molar refractivity (Wildman–Crippen MR) is 60.0 cm³/mol. The fourth-order valence-corrected chi connectivity index (χ4v) is 1.60. The minimum Gasteiger partial charge on any atom is -0.378 e. The Kier molecular flexibility index (Phi) is 4.47. The van der Waals surface area contributed by atoms with Crippen molar-refractivity contribution >= 4 is 23.6 Å². The summed E-state index contributed by atoms with van der Waals surface area (Å²) in [7, 11) is 0. The fourth-order valence-electron chi connectivity index (χ4n) is 1.34. The third-order valence-electron chi connectivity index (χ3n) is 1.89. The average Bonchev–Trinajstić information content (AvgIpc) is 2.14. The Balaban J connectivity index is 2.77. The van der Waals surface area contributed by atoms with Gasteiger partial charge in [0.05, 0.1) is 6.54 Å². The van der Waals surface area contributed by atoms with Gasteiger partial charge in [-0.15, -0.1) is 0 Å². The number of hydrogen-bond acceptors (Lipinski definition) is 2. The normalized spacial score (nSPS) is 9.86. The summed E-state index contributed by atoms with van der Waals surface area (Å²) in [6, 6.07) is 5.81. The zero-order valence-electron chi connectivity index (χ0n) is 8.22. The number of aryl methyl sites for hydroxylation is 1. The Hall–Kier alpha value is -1.02. The van der Waals surface area contributed by atoms with Crippen molar-refractivity contribution in [3.63, 3.8) is 0 Å². The van der Waals surface area contributed by atoms with Crippen molar-refractivity contribution in [3.8, 4) is 0 Å². The summed E-state index contributed by atoms with van der Waals surface area (Å²) < 4.78 is 0. The minimum absolute atomic E-state index is 0.325. The molecular weight excluding hydrogens is 198 g/mol. The van der Waals surface area contributed by atoms with Crippen molar-refractivity contribution < 1.29 is 4.79 Å². The highest BCUT2D eigenvalue weighted by Gasteiger charge is 1.98. The van der Waals surface area contributed by atoms with E-state index in [2.05, 4.69) is 12.2 Å². The van der Waals surface area contributed by atoms with Crippen LogP contribution in [0.25, 0.3) is 0 Å². The van der Waals surface area contributed by atoms with Gasteiger partial charge in [-0.25, -0.2) is 0 Å². The molecule has 0 aliphatic carbocycles. The molecule has 0 bridgehead atoms. The van der Waals surface area contributed by atoms with Crippen LogP contribution in [0.2, 0.25) is 5.02 Å². The SMILES string of the molecule is CCCc1cc(Cl)cc(NCC=O)c1. The van der Waals surface area contributed by atoms with Crippen LogP contribution in [0.5, 0.6) is 0 Å². The van der Waals surface area contributed by atoms with Crippen LogP contribution >= 0.6 is 11.6 Å². The van der Waals surface area contributed by atoms with Gasteiger partial charge in [0.25, 0.3) is 0 Å². The molecule has 0 aromatic heterocycles. The van der Waals surface area contributed by atoms with Gasteiger partial charge in [0.15, 0.2) is 0 Å². The van der Waals surface area contributed by atoms with E-state index in [0.29, 0.717) is 11.6 Å².